The number of benzene rings is 3. The molecule has 1 aliphatic heterocycles. The normalized spacial score (nSPS) is 15.9. The molecule has 4 rings (SSSR count). The Morgan fingerprint density at radius 2 is 1.63 bits per heavy atom. The molecule has 1 atom stereocenters. The summed E-state index contributed by atoms with van der Waals surface area (Å²) in [5.74, 6) is 1.82. The van der Waals surface area contributed by atoms with Gasteiger partial charge in [-0.3, -0.25) is 4.90 Å². The Hall–Kier alpha value is -2.82. The first-order chi connectivity index (χ1) is 14.8. The maximum atomic E-state index is 5.99. The van der Waals surface area contributed by atoms with Crippen LogP contribution in [-0.2, 0) is 6.61 Å². The van der Waals surface area contributed by atoms with Crippen molar-refractivity contribution in [3.63, 3.8) is 0 Å². The Morgan fingerprint density at radius 1 is 0.867 bits per heavy atom. The molecule has 1 aliphatic rings. The number of nitrogens with zero attached hydrogens (tertiary/aromatic N) is 1. The second-order valence-electron chi connectivity index (χ2n) is 7.63. The van der Waals surface area contributed by atoms with Crippen LogP contribution in [0.3, 0.4) is 0 Å². The summed E-state index contributed by atoms with van der Waals surface area (Å²) in [7, 11) is 1.75. The van der Waals surface area contributed by atoms with Crippen LogP contribution in [0, 0.1) is 0 Å². The fourth-order valence-corrected chi connectivity index (χ4v) is 4.09. The fraction of sp³-hybridized carbons (Fsp3) is 0.308. The standard InChI is InChI=1S/C26H30N2O2/c1-29-25-11-6-5-10-24(25)26(28-18-7-16-27-17-19-28)22-12-14-23(15-13-22)30-20-21-8-3-2-4-9-21/h2-6,8-15,26-27H,7,16-20H2,1H3. The van der Waals surface area contributed by atoms with E-state index < -0.39 is 0 Å². The van der Waals surface area contributed by atoms with Crippen molar-refractivity contribution in [2.75, 3.05) is 33.3 Å². The summed E-state index contributed by atoms with van der Waals surface area (Å²) < 4.78 is 11.7. The average Bonchev–Trinajstić information content (AvgIpc) is 3.09. The van der Waals surface area contributed by atoms with Crippen LogP contribution in [0.5, 0.6) is 11.5 Å². The van der Waals surface area contributed by atoms with Gasteiger partial charge in [-0.2, -0.15) is 0 Å². The van der Waals surface area contributed by atoms with Crippen LogP contribution in [0.15, 0.2) is 78.9 Å². The van der Waals surface area contributed by atoms with E-state index in [4.69, 9.17) is 9.47 Å². The van der Waals surface area contributed by atoms with Gasteiger partial charge in [0.1, 0.15) is 18.1 Å². The van der Waals surface area contributed by atoms with Crippen molar-refractivity contribution in [1.29, 1.82) is 0 Å². The molecule has 0 saturated carbocycles. The molecule has 0 spiro atoms. The predicted octanol–water partition coefficient (Wildman–Crippen LogP) is 4.66. The van der Waals surface area contributed by atoms with Crippen LogP contribution in [0.25, 0.3) is 0 Å². The summed E-state index contributed by atoms with van der Waals surface area (Å²) in [6.45, 7) is 4.72. The van der Waals surface area contributed by atoms with Crippen molar-refractivity contribution in [3.05, 3.63) is 95.6 Å². The average molecular weight is 403 g/mol. The van der Waals surface area contributed by atoms with Crippen molar-refractivity contribution < 1.29 is 9.47 Å². The van der Waals surface area contributed by atoms with Crippen LogP contribution in [0.1, 0.15) is 29.2 Å². The van der Waals surface area contributed by atoms with Gasteiger partial charge < -0.3 is 14.8 Å². The van der Waals surface area contributed by atoms with Crippen LogP contribution in [0.4, 0.5) is 0 Å². The highest BCUT2D eigenvalue weighted by Gasteiger charge is 2.25. The molecule has 0 aliphatic carbocycles. The summed E-state index contributed by atoms with van der Waals surface area (Å²) in [6.07, 6.45) is 1.14. The molecule has 3 aromatic carbocycles. The lowest BCUT2D eigenvalue weighted by atomic mass is 9.95. The van der Waals surface area contributed by atoms with Crippen LogP contribution in [0.2, 0.25) is 0 Å². The first kappa shape index (κ1) is 20.5. The number of methoxy groups -OCH3 is 1. The zero-order valence-electron chi connectivity index (χ0n) is 17.6. The molecule has 156 valence electrons. The third-order valence-electron chi connectivity index (χ3n) is 5.62. The molecule has 3 aromatic rings. The molecule has 1 saturated heterocycles. The molecule has 4 heteroatoms. The van der Waals surface area contributed by atoms with Gasteiger partial charge in [0.2, 0.25) is 0 Å². The number of rotatable bonds is 7. The zero-order chi connectivity index (χ0) is 20.6. The molecule has 0 radical (unpaired) electrons. The third kappa shape index (κ3) is 5.02. The van der Waals surface area contributed by atoms with E-state index in [-0.39, 0.29) is 6.04 Å². The van der Waals surface area contributed by atoms with Gasteiger partial charge in [0.05, 0.1) is 13.2 Å². The highest BCUT2D eigenvalue weighted by Crippen LogP contribution is 2.35. The minimum atomic E-state index is 0.157. The molecule has 1 N–H and O–H groups in total. The lowest BCUT2D eigenvalue weighted by molar-refractivity contribution is 0.236. The monoisotopic (exact) mass is 402 g/mol. The Morgan fingerprint density at radius 3 is 2.43 bits per heavy atom. The lowest BCUT2D eigenvalue weighted by Gasteiger charge is -2.32. The number of hydrogen-bond donors (Lipinski definition) is 1. The van der Waals surface area contributed by atoms with Gasteiger partial charge in [-0.1, -0.05) is 60.7 Å². The maximum Gasteiger partial charge on any atom is 0.123 e. The highest BCUT2D eigenvalue weighted by atomic mass is 16.5. The van der Waals surface area contributed by atoms with E-state index in [1.54, 1.807) is 7.11 Å². The van der Waals surface area contributed by atoms with Gasteiger partial charge >= 0.3 is 0 Å². The van der Waals surface area contributed by atoms with E-state index >= 15 is 0 Å². The molecule has 1 fully saturated rings. The summed E-state index contributed by atoms with van der Waals surface area (Å²) in [6, 6.07) is 27.3. The second-order valence-corrected chi connectivity index (χ2v) is 7.63. The van der Waals surface area contributed by atoms with Crippen LogP contribution >= 0.6 is 0 Å². The molecule has 0 aromatic heterocycles. The lowest BCUT2D eigenvalue weighted by Crippen LogP contribution is -2.33. The molecule has 30 heavy (non-hydrogen) atoms. The molecular formula is C26H30N2O2. The number of para-hydroxylation sites is 1. The minimum absolute atomic E-state index is 0.157. The molecule has 1 heterocycles. The SMILES string of the molecule is COc1ccccc1C(c1ccc(OCc2ccccc2)cc1)N1CCCNCC1. The summed E-state index contributed by atoms with van der Waals surface area (Å²) in [4.78, 5) is 2.55. The Kier molecular flexibility index (Phi) is 7.01. The first-order valence-electron chi connectivity index (χ1n) is 10.7. The van der Waals surface area contributed by atoms with Gasteiger partial charge in [0.15, 0.2) is 0 Å². The van der Waals surface area contributed by atoms with E-state index in [1.807, 2.05) is 24.3 Å². The number of ether oxygens (including phenoxy) is 2. The van der Waals surface area contributed by atoms with Gasteiger partial charge in [-0.25, -0.2) is 0 Å². The summed E-state index contributed by atoms with van der Waals surface area (Å²) in [5, 5.41) is 3.51. The molecular weight excluding hydrogens is 372 g/mol. The van der Waals surface area contributed by atoms with E-state index in [2.05, 4.69) is 64.8 Å². The molecule has 1 unspecified atom stereocenters. The minimum Gasteiger partial charge on any atom is -0.496 e. The van der Waals surface area contributed by atoms with E-state index in [0.717, 1.165) is 44.1 Å². The van der Waals surface area contributed by atoms with Crippen molar-refractivity contribution >= 4 is 0 Å². The maximum absolute atomic E-state index is 5.99. The zero-order valence-corrected chi connectivity index (χ0v) is 17.6. The topological polar surface area (TPSA) is 33.7 Å². The van der Waals surface area contributed by atoms with Crippen LogP contribution in [-0.4, -0.2) is 38.2 Å². The van der Waals surface area contributed by atoms with Crippen molar-refractivity contribution in [1.82, 2.24) is 10.2 Å². The number of nitrogens with one attached hydrogen (secondary N) is 1. The van der Waals surface area contributed by atoms with E-state index in [0.29, 0.717) is 6.61 Å². The van der Waals surface area contributed by atoms with Gasteiger partial charge in [0.25, 0.3) is 0 Å². The molecule has 0 bridgehead atoms. The largest absolute Gasteiger partial charge is 0.496 e. The van der Waals surface area contributed by atoms with Gasteiger partial charge in [-0.05, 0) is 42.3 Å². The second kappa shape index (κ2) is 10.3. The van der Waals surface area contributed by atoms with Crippen molar-refractivity contribution in [2.45, 2.75) is 19.1 Å². The Balaban J connectivity index is 1.58. The van der Waals surface area contributed by atoms with Crippen LogP contribution < -0.4 is 14.8 Å². The number of hydrogen-bond acceptors (Lipinski definition) is 4. The first-order valence-corrected chi connectivity index (χ1v) is 10.7. The molecule has 4 nitrogen and oxygen atoms in total. The summed E-state index contributed by atoms with van der Waals surface area (Å²) in [5.41, 5.74) is 3.64. The highest BCUT2D eigenvalue weighted by molar-refractivity contribution is 5.43. The fourth-order valence-electron chi connectivity index (χ4n) is 4.09. The van der Waals surface area contributed by atoms with Gasteiger partial charge in [0, 0.05) is 25.2 Å². The van der Waals surface area contributed by atoms with Crippen molar-refractivity contribution in [3.8, 4) is 11.5 Å². The van der Waals surface area contributed by atoms with Crippen molar-refractivity contribution in [2.24, 2.45) is 0 Å². The predicted molar refractivity (Wildman–Crippen MR) is 121 cm³/mol. The van der Waals surface area contributed by atoms with E-state index in [1.165, 1.54) is 16.7 Å². The van der Waals surface area contributed by atoms with E-state index in [9.17, 15) is 0 Å². The molecule has 0 amide bonds. The smallest absolute Gasteiger partial charge is 0.123 e. The summed E-state index contributed by atoms with van der Waals surface area (Å²) >= 11 is 0. The Bertz CT molecular complexity index is 904. The Labute approximate surface area is 179 Å². The van der Waals surface area contributed by atoms with Gasteiger partial charge in [-0.15, -0.1) is 0 Å². The quantitative estimate of drug-likeness (QED) is 0.623. The third-order valence-corrected chi connectivity index (χ3v) is 5.62.